The van der Waals surface area contributed by atoms with Crippen LogP contribution in [0, 0.1) is 17.8 Å². The van der Waals surface area contributed by atoms with Crippen LogP contribution < -0.4 is 5.73 Å². The summed E-state index contributed by atoms with van der Waals surface area (Å²) in [5.74, 6) is 2.62. The van der Waals surface area contributed by atoms with E-state index in [0.717, 1.165) is 17.8 Å². The van der Waals surface area contributed by atoms with Gasteiger partial charge in [0, 0.05) is 12.6 Å². The first-order chi connectivity index (χ1) is 8.76. The summed E-state index contributed by atoms with van der Waals surface area (Å²) in [6.07, 6.45) is 9.61. The van der Waals surface area contributed by atoms with Gasteiger partial charge < -0.3 is 10.6 Å². The van der Waals surface area contributed by atoms with Crippen LogP contribution in [0.15, 0.2) is 0 Å². The first-order valence-electron chi connectivity index (χ1n) is 8.24. The molecule has 2 fully saturated rings. The lowest BCUT2D eigenvalue weighted by atomic mass is 9.84. The molecule has 0 aromatic rings. The van der Waals surface area contributed by atoms with Crippen LogP contribution in [0.4, 0.5) is 0 Å². The molecule has 4 atom stereocenters. The highest BCUT2D eigenvalue weighted by Crippen LogP contribution is 2.47. The van der Waals surface area contributed by atoms with Crippen LogP contribution in [0.1, 0.15) is 58.8 Å². The van der Waals surface area contributed by atoms with Crippen LogP contribution in [0.25, 0.3) is 0 Å². The van der Waals surface area contributed by atoms with Crippen molar-refractivity contribution < 1.29 is 0 Å². The minimum Gasteiger partial charge on any atom is -0.327 e. The number of rotatable bonds is 8. The maximum atomic E-state index is 6.44. The second-order valence-corrected chi connectivity index (χ2v) is 6.58. The largest absolute Gasteiger partial charge is 0.327 e. The van der Waals surface area contributed by atoms with E-state index in [9.17, 15) is 0 Å². The Kier molecular flexibility index (Phi) is 5.50. The minimum absolute atomic E-state index is 0.509. The highest BCUT2D eigenvalue weighted by atomic mass is 15.1. The second kappa shape index (κ2) is 6.91. The maximum Gasteiger partial charge on any atom is 0.0111 e. The zero-order chi connectivity index (χ0) is 13.0. The third-order valence-corrected chi connectivity index (χ3v) is 5.28. The van der Waals surface area contributed by atoms with Gasteiger partial charge in [0.15, 0.2) is 0 Å². The molecule has 0 aromatic carbocycles. The lowest BCUT2D eigenvalue weighted by molar-refractivity contribution is 0.170. The van der Waals surface area contributed by atoms with Gasteiger partial charge in [0.1, 0.15) is 0 Å². The first-order valence-corrected chi connectivity index (χ1v) is 8.24. The molecule has 2 saturated carbocycles. The standard InChI is InChI=1S/C16H32N2/c1-3-5-9-18(10-6-4-2)12-15-13-7-8-14(11-13)16(15)17/h13-16H,3-12,17H2,1-2H3. The van der Waals surface area contributed by atoms with E-state index in [2.05, 4.69) is 18.7 Å². The predicted octanol–water partition coefficient (Wildman–Crippen LogP) is 3.26. The van der Waals surface area contributed by atoms with Crippen molar-refractivity contribution in [2.75, 3.05) is 19.6 Å². The SMILES string of the molecule is CCCCN(CCCC)CC1C2CCC(C2)C1N. The Hall–Kier alpha value is -0.0800. The van der Waals surface area contributed by atoms with Gasteiger partial charge in [-0.05, 0) is 62.9 Å². The molecule has 0 aromatic heterocycles. The molecule has 2 N–H and O–H groups in total. The lowest BCUT2D eigenvalue weighted by Gasteiger charge is -2.33. The molecular formula is C16H32N2. The minimum atomic E-state index is 0.509. The Morgan fingerprint density at radius 3 is 2.11 bits per heavy atom. The molecule has 106 valence electrons. The molecule has 18 heavy (non-hydrogen) atoms. The van der Waals surface area contributed by atoms with Gasteiger partial charge in [0.25, 0.3) is 0 Å². The van der Waals surface area contributed by atoms with Crippen molar-refractivity contribution in [3.63, 3.8) is 0 Å². The van der Waals surface area contributed by atoms with Gasteiger partial charge in [-0.2, -0.15) is 0 Å². The second-order valence-electron chi connectivity index (χ2n) is 6.58. The van der Waals surface area contributed by atoms with E-state index < -0.39 is 0 Å². The van der Waals surface area contributed by atoms with Crippen LogP contribution in [-0.2, 0) is 0 Å². The smallest absolute Gasteiger partial charge is 0.0111 e. The molecule has 0 heterocycles. The number of nitrogens with two attached hydrogens (primary N) is 1. The molecule has 2 bridgehead atoms. The van der Waals surface area contributed by atoms with Crippen molar-refractivity contribution in [3.8, 4) is 0 Å². The van der Waals surface area contributed by atoms with E-state index in [1.165, 1.54) is 64.6 Å². The van der Waals surface area contributed by atoms with Crippen LogP contribution in [0.3, 0.4) is 0 Å². The Bertz CT molecular complexity index is 231. The summed E-state index contributed by atoms with van der Waals surface area (Å²) >= 11 is 0. The van der Waals surface area contributed by atoms with E-state index in [1.807, 2.05) is 0 Å². The van der Waals surface area contributed by atoms with Gasteiger partial charge in [0.2, 0.25) is 0 Å². The highest BCUT2D eigenvalue weighted by molar-refractivity contribution is 4.99. The van der Waals surface area contributed by atoms with Crippen molar-refractivity contribution in [1.29, 1.82) is 0 Å². The average molecular weight is 252 g/mol. The van der Waals surface area contributed by atoms with Crippen LogP contribution in [-0.4, -0.2) is 30.6 Å². The molecule has 0 radical (unpaired) electrons. The van der Waals surface area contributed by atoms with Gasteiger partial charge >= 0.3 is 0 Å². The van der Waals surface area contributed by atoms with Crippen LogP contribution >= 0.6 is 0 Å². The topological polar surface area (TPSA) is 29.3 Å². The number of hydrogen-bond donors (Lipinski definition) is 1. The third kappa shape index (κ3) is 3.27. The number of nitrogens with zero attached hydrogens (tertiary/aromatic N) is 1. The number of fused-ring (bicyclic) bond motifs is 2. The molecule has 0 aliphatic heterocycles. The summed E-state index contributed by atoms with van der Waals surface area (Å²) in [4.78, 5) is 2.71. The van der Waals surface area contributed by atoms with Gasteiger partial charge in [-0.25, -0.2) is 0 Å². The van der Waals surface area contributed by atoms with Crippen molar-refractivity contribution in [2.45, 2.75) is 64.8 Å². The van der Waals surface area contributed by atoms with Crippen LogP contribution in [0.2, 0.25) is 0 Å². The summed E-state index contributed by atoms with van der Waals surface area (Å²) in [5.41, 5.74) is 6.44. The van der Waals surface area contributed by atoms with Gasteiger partial charge in [-0.3, -0.25) is 0 Å². The van der Waals surface area contributed by atoms with E-state index in [4.69, 9.17) is 5.73 Å². The van der Waals surface area contributed by atoms with Gasteiger partial charge in [0.05, 0.1) is 0 Å². The fourth-order valence-electron chi connectivity index (χ4n) is 4.08. The fraction of sp³-hybridized carbons (Fsp3) is 1.00. The number of hydrogen-bond acceptors (Lipinski definition) is 2. The zero-order valence-corrected chi connectivity index (χ0v) is 12.4. The van der Waals surface area contributed by atoms with Crippen molar-refractivity contribution in [1.82, 2.24) is 4.90 Å². The Morgan fingerprint density at radius 1 is 1.00 bits per heavy atom. The summed E-state index contributed by atoms with van der Waals surface area (Å²) in [7, 11) is 0. The Balaban J connectivity index is 1.83. The van der Waals surface area contributed by atoms with E-state index in [0.29, 0.717) is 6.04 Å². The molecule has 2 nitrogen and oxygen atoms in total. The molecule has 0 saturated heterocycles. The van der Waals surface area contributed by atoms with E-state index >= 15 is 0 Å². The molecule has 2 aliphatic rings. The fourth-order valence-corrected chi connectivity index (χ4v) is 4.08. The highest BCUT2D eigenvalue weighted by Gasteiger charge is 2.45. The maximum absolute atomic E-state index is 6.44. The number of unbranched alkanes of at least 4 members (excludes halogenated alkanes) is 2. The van der Waals surface area contributed by atoms with E-state index in [-0.39, 0.29) is 0 Å². The third-order valence-electron chi connectivity index (χ3n) is 5.28. The molecule has 2 aliphatic carbocycles. The van der Waals surface area contributed by atoms with Crippen molar-refractivity contribution in [2.24, 2.45) is 23.5 Å². The lowest BCUT2D eigenvalue weighted by Crippen LogP contribution is -2.43. The molecule has 4 unspecified atom stereocenters. The van der Waals surface area contributed by atoms with Gasteiger partial charge in [-0.1, -0.05) is 26.7 Å². The van der Waals surface area contributed by atoms with Crippen molar-refractivity contribution >= 4 is 0 Å². The molecule has 0 amide bonds. The quantitative estimate of drug-likeness (QED) is 0.718. The molecule has 2 heteroatoms. The monoisotopic (exact) mass is 252 g/mol. The molecule has 2 rings (SSSR count). The van der Waals surface area contributed by atoms with Crippen molar-refractivity contribution in [3.05, 3.63) is 0 Å². The first kappa shape index (κ1) is 14.3. The van der Waals surface area contributed by atoms with E-state index in [1.54, 1.807) is 0 Å². The Morgan fingerprint density at radius 2 is 1.61 bits per heavy atom. The Labute approximate surface area is 113 Å². The summed E-state index contributed by atoms with van der Waals surface area (Å²) in [5, 5.41) is 0. The van der Waals surface area contributed by atoms with Crippen LogP contribution in [0.5, 0.6) is 0 Å². The normalized spacial score (nSPS) is 34.7. The summed E-state index contributed by atoms with van der Waals surface area (Å²) < 4.78 is 0. The average Bonchev–Trinajstić information content (AvgIpc) is 2.95. The predicted molar refractivity (Wildman–Crippen MR) is 78.6 cm³/mol. The summed E-state index contributed by atoms with van der Waals surface area (Å²) in [6.45, 7) is 8.44. The van der Waals surface area contributed by atoms with Gasteiger partial charge in [-0.15, -0.1) is 0 Å². The zero-order valence-electron chi connectivity index (χ0n) is 12.4. The summed E-state index contributed by atoms with van der Waals surface area (Å²) in [6, 6.07) is 0.509. The molecule has 0 spiro atoms. The molecular weight excluding hydrogens is 220 g/mol.